The molecule has 132 valence electrons. The van der Waals surface area contributed by atoms with E-state index in [0.717, 1.165) is 29.4 Å². The maximum atomic E-state index is 12.9. The van der Waals surface area contributed by atoms with E-state index in [0.29, 0.717) is 18.8 Å². The summed E-state index contributed by atoms with van der Waals surface area (Å²) in [5, 5.41) is 10.8. The van der Waals surface area contributed by atoms with E-state index in [1.54, 1.807) is 4.90 Å². The summed E-state index contributed by atoms with van der Waals surface area (Å²) in [5.74, 6) is -0.377. The van der Waals surface area contributed by atoms with Crippen LogP contribution < -0.4 is 5.32 Å². The smallest absolute Gasteiger partial charge is 0.275 e. The Labute approximate surface area is 151 Å². The van der Waals surface area contributed by atoms with Crippen molar-refractivity contribution in [1.82, 2.24) is 15.1 Å². The Balaban J connectivity index is 1.48. The Kier molecular flexibility index (Phi) is 4.39. The lowest BCUT2D eigenvalue weighted by molar-refractivity contribution is -0.121. The van der Waals surface area contributed by atoms with Crippen LogP contribution in [0.4, 0.5) is 5.69 Å². The number of nitrogens with zero attached hydrogens (tertiary/aromatic N) is 2. The van der Waals surface area contributed by atoms with Crippen molar-refractivity contribution >= 4 is 28.4 Å². The van der Waals surface area contributed by atoms with E-state index in [1.807, 2.05) is 54.6 Å². The second kappa shape index (κ2) is 7.00. The summed E-state index contributed by atoms with van der Waals surface area (Å²) in [7, 11) is 0. The minimum absolute atomic E-state index is 0.0411. The van der Waals surface area contributed by atoms with Gasteiger partial charge in [0.1, 0.15) is 0 Å². The third kappa shape index (κ3) is 3.18. The van der Waals surface area contributed by atoms with E-state index >= 15 is 0 Å². The Hall–Kier alpha value is -3.15. The number of carbonyl (C=O) groups excluding carboxylic acids is 2. The van der Waals surface area contributed by atoms with Gasteiger partial charge in [0.2, 0.25) is 5.91 Å². The van der Waals surface area contributed by atoms with Crippen molar-refractivity contribution in [3.8, 4) is 0 Å². The average Bonchev–Trinajstić information content (AvgIpc) is 3.12. The van der Waals surface area contributed by atoms with Crippen molar-refractivity contribution in [3.63, 3.8) is 0 Å². The largest absolute Gasteiger partial charge is 0.336 e. The molecule has 26 heavy (non-hydrogen) atoms. The number of fused-ring (bicyclic) bond motifs is 1. The second-order valence-electron chi connectivity index (χ2n) is 6.56. The number of rotatable bonds is 3. The minimum atomic E-state index is -0.210. The molecular weight excluding hydrogens is 328 g/mol. The molecule has 0 radical (unpaired) electrons. The summed E-state index contributed by atoms with van der Waals surface area (Å²) < 4.78 is 0. The van der Waals surface area contributed by atoms with E-state index in [4.69, 9.17) is 0 Å². The van der Waals surface area contributed by atoms with Crippen LogP contribution in [0.25, 0.3) is 10.9 Å². The molecule has 2 amide bonds. The van der Waals surface area contributed by atoms with E-state index in [-0.39, 0.29) is 17.7 Å². The fourth-order valence-electron chi connectivity index (χ4n) is 3.42. The summed E-state index contributed by atoms with van der Waals surface area (Å²) in [6.45, 7) is 1.06. The number of hydrogen-bond acceptors (Lipinski definition) is 3. The molecule has 1 aromatic heterocycles. The van der Waals surface area contributed by atoms with Gasteiger partial charge < -0.3 is 10.2 Å². The van der Waals surface area contributed by atoms with Crippen molar-refractivity contribution < 1.29 is 9.59 Å². The number of amides is 2. The Bertz CT molecular complexity index is 935. The highest BCUT2D eigenvalue weighted by atomic mass is 16.2. The number of nitrogens with one attached hydrogen (secondary N) is 2. The number of carbonyl (C=O) groups is 2. The molecule has 0 spiro atoms. The fraction of sp³-hybridized carbons (Fsp3) is 0.250. The van der Waals surface area contributed by atoms with Gasteiger partial charge in [-0.15, -0.1) is 0 Å². The van der Waals surface area contributed by atoms with Crippen molar-refractivity contribution in [2.45, 2.75) is 12.8 Å². The summed E-state index contributed by atoms with van der Waals surface area (Å²) in [6.07, 6.45) is 1.59. The molecule has 0 saturated carbocycles. The van der Waals surface area contributed by atoms with Crippen LogP contribution in [0.5, 0.6) is 0 Å². The number of benzene rings is 2. The average molecular weight is 348 g/mol. The zero-order valence-corrected chi connectivity index (χ0v) is 14.3. The normalized spacial score (nSPS) is 17.2. The maximum absolute atomic E-state index is 12.9. The van der Waals surface area contributed by atoms with Crippen LogP contribution in [0.1, 0.15) is 23.3 Å². The molecule has 1 atom stereocenters. The fourth-order valence-corrected chi connectivity index (χ4v) is 3.42. The Morgan fingerprint density at radius 3 is 2.69 bits per heavy atom. The van der Waals surface area contributed by atoms with Crippen LogP contribution in [0.15, 0.2) is 54.6 Å². The van der Waals surface area contributed by atoms with Crippen molar-refractivity contribution in [3.05, 3.63) is 60.3 Å². The second-order valence-corrected chi connectivity index (χ2v) is 6.56. The number of aromatic nitrogens is 2. The van der Waals surface area contributed by atoms with Gasteiger partial charge >= 0.3 is 0 Å². The highest BCUT2D eigenvalue weighted by Crippen LogP contribution is 2.23. The van der Waals surface area contributed by atoms with Gasteiger partial charge in [0.25, 0.3) is 5.91 Å². The quantitative estimate of drug-likeness (QED) is 0.764. The van der Waals surface area contributed by atoms with Crippen LogP contribution >= 0.6 is 0 Å². The summed E-state index contributed by atoms with van der Waals surface area (Å²) >= 11 is 0. The first-order valence-electron chi connectivity index (χ1n) is 8.80. The molecular formula is C20H20N4O2. The van der Waals surface area contributed by atoms with Crippen LogP contribution in [0, 0.1) is 5.92 Å². The molecule has 1 saturated heterocycles. The van der Waals surface area contributed by atoms with E-state index in [2.05, 4.69) is 15.5 Å². The van der Waals surface area contributed by atoms with Crippen LogP contribution in [-0.2, 0) is 4.79 Å². The van der Waals surface area contributed by atoms with Gasteiger partial charge in [-0.25, -0.2) is 0 Å². The van der Waals surface area contributed by atoms with E-state index < -0.39 is 0 Å². The highest BCUT2D eigenvalue weighted by Gasteiger charge is 2.30. The lowest BCUT2D eigenvalue weighted by Gasteiger charge is -2.31. The Morgan fingerprint density at radius 2 is 1.85 bits per heavy atom. The van der Waals surface area contributed by atoms with Gasteiger partial charge in [-0.3, -0.25) is 14.7 Å². The highest BCUT2D eigenvalue weighted by molar-refractivity contribution is 6.05. The number of H-pyrrole nitrogens is 1. The van der Waals surface area contributed by atoms with Gasteiger partial charge in [-0.1, -0.05) is 36.4 Å². The molecule has 4 rings (SSSR count). The Morgan fingerprint density at radius 1 is 1.08 bits per heavy atom. The van der Waals surface area contributed by atoms with Gasteiger partial charge in [-0.05, 0) is 31.0 Å². The third-order valence-electron chi connectivity index (χ3n) is 4.79. The third-order valence-corrected chi connectivity index (χ3v) is 4.79. The molecule has 0 bridgehead atoms. The molecule has 0 unspecified atom stereocenters. The first kappa shape index (κ1) is 16.3. The molecule has 1 aliphatic rings. The van der Waals surface area contributed by atoms with Crippen LogP contribution in [-0.4, -0.2) is 40.0 Å². The van der Waals surface area contributed by atoms with Gasteiger partial charge in [0.15, 0.2) is 5.69 Å². The monoisotopic (exact) mass is 348 g/mol. The minimum Gasteiger partial charge on any atom is -0.336 e. The predicted octanol–water partition coefficient (Wildman–Crippen LogP) is 3.05. The predicted molar refractivity (Wildman–Crippen MR) is 99.8 cm³/mol. The molecule has 1 aliphatic heterocycles. The zero-order chi connectivity index (χ0) is 17.9. The van der Waals surface area contributed by atoms with Crippen LogP contribution in [0.3, 0.4) is 0 Å². The van der Waals surface area contributed by atoms with Gasteiger partial charge in [0, 0.05) is 24.2 Å². The lowest BCUT2D eigenvalue weighted by atomic mass is 9.96. The first-order valence-corrected chi connectivity index (χ1v) is 8.80. The molecule has 2 N–H and O–H groups in total. The van der Waals surface area contributed by atoms with Crippen molar-refractivity contribution in [1.29, 1.82) is 0 Å². The first-order chi connectivity index (χ1) is 12.7. The molecule has 2 heterocycles. The number of anilines is 1. The van der Waals surface area contributed by atoms with E-state index in [9.17, 15) is 9.59 Å². The topological polar surface area (TPSA) is 78.1 Å². The SMILES string of the molecule is O=C(Nc1ccccc1)[C@H]1CCCN(C(=O)c2n[nH]c3ccccc23)C1. The number of hydrogen-bond donors (Lipinski definition) is 2. The molecule has 0 aliphatic carbocycles. The summed E-state index contributed by atoms with van der Waals surface area (Å²) in [5.41, 5.74) is 2.04. The summed E-state index contributed by atoms with van der Waals surface area (Å²) in [6, 6.07) is 17.0. The lowest BCUT2D eigenvalue weighted by Crippen LogP contribution is -2.44. The zero-order valence-electron chi connectivity index (χ0n) is 14.3. The number of likely N-dealkylation sites (tertiary alicyclic amines) is 1. The standard InChI is InChI=1S/C20H20N4O2/c25-19(21-15-8-2-1-3-9-15)14-7-6-12-24(13-14)20(26)18-16-10-4-5-11-17(16)22-23-18/h1-5,8-11,14H,6-7,12-13H2,(H,21,25)(H,22,23)/t14-/m0/s1. The number of para-hydroxylation sites is 2. The van der Waals surface area contributed by atoms with Crippen molar-refractivity contribution in [2.24, 2.45) is 5.92 Å². The van der Waals surface area contributed by atoms with E-state index in [1.165, 1.54) is 0 Å². The number of piperidine rings is 1. The molecule has 6 heteroatoms. The van der Waals surface area contributed by atoms with Crippen LogP contribution in [0.2, 0.25) is 0 Å². The maximum Gasteiger partial charge on any atom is 0.275 e. The summed E-state index contributed by atoms with van der Waals surface area (Å²) in [4.78, 5) is 27.2. The van der Waals surface area contributed by atoms with Crippen molar-refractivity contribution in [2.75, 3.05) is 18.4 Å². The van der Waals surface area contributed by atoms with Gasteiger partial charge in [0.05, 0.1) is 11.4 Å². The molecule has 3 aromatic rings. The molecule has 2 aromatic carbocycles. The van der Waals surface area contributed by atoms with Gasteiger partial charge in [-0.2, -0.15) is 5.10 Å². The molecule has 6 nitrogen and oxygen atoms in total. The molecule has 1 fully saturated rings. The number of aromatic amines is 1.